The van der Waals surface area contributed by atoms with Crippen molar-refractivity contribution in [2.75, 3.05) is 13.6 Å². The molecule has 0 aliphatic carbocycles. The molecule has 0 aliphatic heterocycles. The number of aromatic amines is 1. The monoisotopic (exact) mass is 344 g/mol. The molecule has 0 saturated heterocycles. The molecule has 3 aromatic rings. The lowest BCUT2D eigenvalue weighted by Crippen LogP contribution is -2.17. The summed E-state index contributed by atoms with van der Waals surface area (Å²) in [5.41, 5.74) is 2.48. The van der Waals surface area contributed by atoms with E-state index in [4.69, 9.17) is 0 Å². The van der Waals surface area contributed by atoms with Crippen LogP contribution in [0.3, 0.4) is 0 Å². The number of H-pyrrole nitrogens is 1. The highest BCUT2D eigenvalue weighted by molar-refractivity contribution is 5.79. The van der Waals surface area contributed by atoms with E-state index in [1.165, 1.54) is 23.1 Å². The fourth-order valence-electron chi connectivity index (χ4n) is 2.73. The van der Waals surface area contributed by atoms with Crippen LogP contribution in [0, 0.1) is 0 Å². The molecular weight excluding hydrogens is 325 g/mol. The quantitative estimate of drug-likeness (QED) is 0.663. The van der Waals surface area contributed by atoms with Gasteiger partial charge in [0, 0.05) is 24.8 Å². The Morgan fingerprint density at radius 1 is 1.04 bits per heavy atom. The first-order valence-electron chi connectivity index (χ1n) is 8.00. The molecule has 0 radical (unpaired) electrons. The minimum atomic E-state index is -4.29. The Morgan fingerprint density at radius 2 is 1.80 bits per heavy atom. The van der Waals surface area contributed by atoms with Crippen LogP contribution in [0.15, 0.2) is 60.8 Å². The normalized spacial score (nSPS) is 12.5. The number of halogens is 3. The van der Waals surface area contributed by atoms with Crippen molar-refractivity contribution in [3.63, 3.8) is 0 Å². The summed E-state index contributed by atoms with van der Waals surface area (Å²) in [6.45, 7) is 1.52. The van der Waals surface area contributed by atoms with Crippen LogP contribution >= 0.6 is 0 Å². The van der Waals surface area contributed by atoms with Crippen LogP contribution in [0.4, 0.5) is 13.2 Å². The molecule has 1 aromatic heterocycles. The second-order valence-corrected chi connectivity index (χ2v) is 6.12. The van der Waals surface area contributed by atoms with Crippen LogP contribution in [0.5, 0.6) is 0 Å². The van der Waals surface area contributed by atoms with E-state index in [0.29, 0.717) is 6.54 Å². The van der Waals surface area contributed by atoms with Crippen LogP contribution in [-0.4, -0.2) is 23.5 Å². The van der Waals surface area contributed by atoms with Crippen molar-refractivity contribution in [1.29, 1.82) is 0 Å². The number of fused-ring (bicyclic) bond motifs is 1. The van der Waals surface area contributed by atoms with Gasteiger partial charge in [-0.1, -0.05) is 30.4 Å². The standard InChI is InChI=1S/C20H19F3N2/c1-25(14-16-6-9-19-17(13-16)10-11-24-19)12-2-3-15-4-7-18(8-5-15)20(21,22)23/h2-11,13,24H,12,14H2,1H3/b3-2+. The van der Waals surface area contributed by atoms with E-state index in [9.17, 15) is 13.2 Å². The number of benzene rings is 2. The Hall–Kier alpha value is -2.53. The second-order valence-electron chi connectivity index (χ2n) is 6.12. The smallest absolute Gasteiger partial charge is 0.361 e. The van der Waals surface area contributed by atoms with Crippen LogP contribution in [0.2, 0.25) is 0 Å². The Morgan fingerprint density at radius 3 is 2.52 bits per heavy atom. The third kappa shape index (κ3) is 4.51. The fourth-order valence-corrected chi connectivity index (χ4v) is 2.73. The number of alkyl halides is 3. The SMILES string of the molecule is CN(C/C=C/c1ccc(C(F)(F)F)cc1)Cc1ccc2[nH]ccc2c1. The third-order valence-electron chi connectivity index (χ3n) is 4.04. The molecule has 0 spiro atoms. The molecule has 1 N–H and O–H groups in total. The first kappa shape index (κ1) is 17.3. The van der Waals surface area contributed by atoms with Gasteiger partial charge in [-0.2, -0.15) is 13.2 Å². The number of hydrogen-bond acceptors (Lipinski definition) is 1. The maximum atomic E-state index is 12.5. The molecular formula is C20H19F3N2. The highest BCUT2D eigenvalue weighted by Crippen LogP contribution is 2.29. The fraction of sp³-hybridized carbons (Fsp3) is 0.200. The molecule has 0 amide bonds. The predicted molar refractivity (Wildman–Crippen MR) is 95.1 cm³/mol. The molecule has 130 valence electrons. The Balaban J connectivity index is 1.56. The van der Waals surface area contributed by atoms with Crippen LogP contribution < -0.4 is 0 Å². The van der Waals surface area contributed by atoms with Gasteiger partial charge in [-0.25, -0.2) is 0 Å². The minimum Gasteiger partial charge on any atom is -0.361 e. The summed E-state index contributed by atoms with van der Waals surface area (Å²) in [4.78, 5) is 5.32. The predicted octanol–water partition coefficient (Wildman–Crippen LogP) is 5.33. The van der Waals surface area contributed by atoms with Crippen molar-refractivity contribution in [2.24, 2.45) is 0 Å². The van der Waals surface area contributed by atoms with Gasteiger partial charge in [-0.3, -0.25) is 4.90 Å². The number of likely N-dealkylation sites (N-methyl/N-ethyl adjacent to an activating group) is 1. The number of hydrogen-bond donors (Lipinski definition) is 1. The molecule has 3 rings (SSSR count). The van der Waals surface area contributed by atoms with Gasteiger partial charge in [0.05, 0.1) is 5.56 Å². The van der Waals surface area contributed by atoms with Gasteiger partial charge in [0.25, 0.3) is 0 Å². The first-order chi connectivity index (χ1) is 11.9. The van der Waals surface area contributed by atoms with E-state index < -0.39 is 11.7 Å². The van der Waals surface area contributed by atoms with Crippen molar-refractivity contribution < 1.29 is 13.2 Å². The number of aromatic nitrogens is 1. The van der Waals surface area contributed by atoms with Crippen molar-refractivity contribution in [3.8, 4) is 0 Å². The summed E-state index contributed by atoms with van der Waals surface area (Å²) in [5.74, 6) is 0. The van der Waals surface area contributed by atoms with Gasteiger partial charge < -0.3 is 4.98 Å². The molecule has 0 fully saturated rings. The first-order valence-corrected chi connectivity index (χ1v) is 8.00. The zero-order chi connectivity index (χ0) is 17.9. The average molecular weight is 344 g/mol. The summed E-state index contributed by atoms with van der Waals surface area (Å²) in [7, 11) is 2.01. The Kier molecular flexibility index (Phi) is 4.95. The van der Waals surface area contributed by atoms with E-state index in [1.54, 1.807) is 0 Å². The summed E-state index contributed by atoms with van der Waals surface area (Å²) in [5, 5.41) is 1.19. The lowest BCUT2D eigenvalue weighted by molar-refractivity contribution is -0.137. The van der Waals surface area contributed by atoms with Gasteiger partial charge >= 0.3 is 6.18 Å². The van der Waals surface area contributed by atoms with Gasteiger partial charge in [0.1, 0.15) is 0 Å². The molecule has 1 heterocycles. The van der Waals surface area contributed by atoms with E-state index >= 15 is 0 Å². The van der Waals surface area contributed by atoms with Gasteiger partial charge in [-0.15, -0.1) is 0 Å². The number of rotatable bonds is 5. The topological polar surface area (TPSA) is 19.0 Å². The largest absolute Gasteiger partial charge is 0.416 e. The van der Waals surface area contributed by atoms with E-state index in [2.05, 4.69) is 28.1 Å². The molecule has 0 bridgehead atoms. The molecule has 2 aromatic carbocycles. The summed E-state index contributed by atoms with van der Waals surface area (Å²) >= 11 is 0. The summed E-state index contributed by atoms with van der Waals surface area (Å²) in [6, 6.07) is 13.5. The van der Waals surface area contributed by atoms with Crippen LogP contribution in [-0.2, 0) is 12.7 Å². The van der Waals surface area contributed by atoms with Crippen LogP contribution in [0.1, 0.15) is 16.7 Å². The molecule has 0 saturated carbocycles. The Bertz CT molecular complexity index is 861. The van der Waals surface area contributed by atoms with Crippen LogP contribution in [0.25, 0.3) is 17.0 Å². The molecule has 0 unspecified atom stereocenters. The molecule has 0 atom stereocenters. The van der Waals surface area contributed by atoms with Crippen molar-refractivity contribution in [1.82, 2.24) is 9.88 Å². The zero-order valence-corrected chi connectivity index (χ0v) is 13.8. The maximum absolute atomic E-state index is 12.5. The van der Waals surface area contributed by atoms with E-state index in [1.807, 2.05) is 31.5 Å². The van der Waals surface area contributed by atoms with Crippen molar-refractivity contribution >= 4 is 17.0 Å². The molecule has 0 aliphatic rings. The highest BCUT2D eigenvalue weighted by Gasteiger charge is 2.29. The summed E-state index contributed by atoms with van der Waals surface area (Å²) < 4.78 is 37.6. The number of nitrogens with zero attached hydrogens (tertiary/aromatic N) is 1. The lowest BCUT2D eigenvalue weighted by Gasteiger charge is -2.14. The van der Waals surface area contributed by atoms with Gasteiger partial charge in [-0.05, 0) is 53.9 Å². The molecule has 2 nitrogen and oxygen atoms in total. The number of nitrogens with one attached hydrogen (secondary N) is 1. The molecule has 5 heteroatoms. The van der Waals surface area contributed by atoms with Crippen molar-refractivity contribution in [2.45, 2.75) is 12.7 Å². The third-order valence-corrected chi connectivity index (χ3v) is 4.04. The van der Waals surface area contributed by atoms with Gasteiger partial charge in [0.15, 0.2) is 0 Å². The zero-order valence-electron chi connectivity index (χ0n) is 13.8. The Labute approximate surface area is 144 Å². The van der Waals surface area contributed by atoms with E-state index in [0.717, 1.165) is 29.8 Å². The minimum absolute atomic E-state index is 0.623. The lowest BCUT2D eigenvalue weighted by atomic mass is 10.1. The van der Waals surface area contributed by atoms with Gasteiger partial charge in [0.2, 0.25) is 0 Å². The average Bonchev–Trinajstić information content (AvgIpc) is 3.02. The maximum Gasteiger partial charge on any atom is 0.416 e. The second kappa shape index (κ2) is 7.15. The highest BCUT2D eigenvalue weighted by atomic mass is 19.4. The summed E-state index contributed by atoms with van der Waals surface area (Å²) in [6.07, 6.45) is 1.43. The van der Waals surface area contributed by atoms with Crippen molar-refractivity contribution in [3.05, 3.63) is 77.5 Å². The molecule has 25 heavy (non-hydrogen) atoms. The van der Waals surface area contributed by atoms with E-state index in [-0.39, 0.29) is 0 Å².